The third-order valence-electron chi connectivity index (χ3n) is 6.06. The first-order chi connectivity index (χ1) is 19.0. The van der Waals surface area contributed by atoms with E-state index < -0.39 is 50.3 Å². The Labute approximate surface area is 233 Å². The van der Waals surface area contributed by atoms with Crippen molar-refractivity contribution in [3.63, 3.8) is 0 Å². The van der Waals surface area contributed by atoms with Gasteiger partial charge in [0.15, 0.2) is 29.2 Å². The zero-order valence-electron chi connectivity index (χ0n) is 20.0. The number of H-pyrrole nitrogens is 1. The van der Waals surface area contributed by atoms with Crippen LogP contribution in [0.3, 0.4) is 0 Å². The summed E-state index contributed by atoms with van der Waals surface area (Å²) in [6.07, 6.45) is -2.48. The Morgan fingerprint density at radius 1 is 1.25 bits per heavy atom. The van der Waals surface area contributed by atoms with Crippen LogP contribution in [-0.2, 0) is 52.4 Å². The molecule has 6 rings (SSSR count). The summed E-state index contributed by atoms with van der Waals surface area (Å²) in [6.45, 7) is -9.13. The Hall–Kier alpha value is -2.38. The smallest absolute Gasteiger partial charge is 0.369 e. The van der Waals surface area contributed by atoms with Crippen molar-refractivity contribution in [1.29, 1.82) is 0 Å². The van der Waals surface area contributed by atoms with Crippen molar-refractivity contribution in [3.8, 4) is 0 Å². The predicted octanol–water partition coefficient (Wildman–Crippen LogP) is 0.980. The SMILES string of the molecule is Nc1nc2c(ncn2[C@H]2O[C@@H]3COP(O)(=S)OCCn4c(nc5cncnc54)COP(=O)(S)O[C@@H]2[C@H]3F)c(=O)[nH]1. The van der Waals surface area contributed by atoms with Crippen molar-refractivity contribution in [2.24, 2.45) is 0 Å². The molecule has 4 aromatic rings. The Morgan fingerprint density at radius 3 is 2.90 bits per heavy atom. The Kier molecular flexibility index (Phi) is 7.27. The fourth-order valence-corrected chi connectivity index (χ4v) is 6.84. The topological polar surface area (TPSA) is 217 Å². The Morgan fingerprint density at radius 2 is 2.08 bits per heavy atom. The van der Waals surface area contributed by atoms with E-state index in [1.807, 2.05) is 0 Å². The summed E-state index contributed by atoms with van der Waals surface area (Å²) < 4.78 is 59.6. The van der Waals surface area contributed by atoms with Gasteiger partial charge in [-0.25, -0.2) is 28.9 Å². The first-order valence-electron chi connectivity index (χ1n) is 11.5. The largest absolute Gasteiger partial charge is 0.387 e. The number of hydrogen-bond donors (Lipinski definition) is 4. The van der Waals surface area contributed by atoms with Gasteiger partial charge in [-0.15, -0.1) is 0 Å². The number of nitrogens with one attached hydrogen (secondary N) is 1. The van der Waals surface area contributed by atoms with Crippen LogP contribution in [-0.4, -0.2) is 75.5 Å². The predicted molar refractivity (Wildman–Crippen MR) is 141 cm³/mol. The molecule has 0 aliphatic carbocycles. The molecule has 0 saturated carbocycles. The van der Waals surface area contributed by atoms with Crippen LogP contribution in [0, 0.1) is 0 Å². The van der Waals surface area contributed by atoms with Crippen molar-refractivity contribution >= 4 is 65.8 Å². The van der Waals surface area contributed by atoms with Crippen molar-refractivity contribution in [2.45, 2.75) is 37.8 Å². The van der Waals surface area contributed by atoms with E-state index in [0.717, 1.165) is 6.33 Å². The molecule has 17 nitrogen and oxygen atoms in total. The molecule has 6 heterocycles. The third kappa shape index (κ3) is 5.32. The summed E-state index contributed by atoms with van der Waals surface area (Å²) in [7, 11) is 0. The lowest BCUT2D eigenvalue weighted by Crippen LogP contribution is -2.32. The van der Waals surface area contributed by atoms with E-state index in [1.54, 1.807) is 4.57 Å². The number of nitrogens with zero attached hydrogens (tertiary/aromatic N) is 7. The maximum absolute atomic E-state index is 15.8. The van der Waals surface area contributed by atoms with Crippen LogP contribution < -0.4 is 11.3 Å². The number of hydrogen-bond acceptors (Lipinski definition) is 14. The van der Waals surface area contributed by atoms with Gasteiger partial charge in [0, 0.05) is 6.54 Å². The number of alkyl halides is 1. The lowest BCUT2D eigenvalue weighted by atomic mass is 10.1. The average Bonchev–Trinajstić information content (AvgIpc) is 3.55. The molecule has 0 amide bonds. The molecule has 4 N–H and O–H groups in total. The number of anilines is 1. The highest BCUT2D eigenvalue weighted by molar-refractivity contribution is 8.44. The summed E-state index contributed by atoms with van der Waals surface area (Å²) in [5, 5.41) is 0. The summed E-state index contributed by atoms with van der Waals surface area (Å²) in [5.74, 6) is 0.0159. The molecule has 1 saturated heterocycles. The zero-order chi connectivity index (χ0) is 28.2. The van der Waals surface area contributed by atoms with Crippen LogP contribution >= 0.6 is 25.8 Å². The van der Waals surface area contributed by atoms with Crippen LogP contribution in [0.2, 0.25) is 0 Å². The molecule has 2 aliphatic heterocycles. The number of ether oxygens (including phenoxy) is 1. The van der Waals surface area contributed by atoms with E-state index >= 15 is 4.39 Å². The maximum Gasteiger partial charge on any atom is 0.387 e. The lowest BCUT2D eigenvalue weighted by molar-refractivity contribution is -0.0453. The fraction of sp³-hybridized carbons (Fsp3) is 0.444. The minimum absolute atomic E-state index is 0.0524. The molecule has 22 heteroatoms. The second-order valence-corrected chi connectivity index (χ2v) is 14.3. The van der Waals surface area contributed by atoms with E-state index in [1.165, 1.54) is 17.1 Å². The lowest BCUT2D eigenvalue weighted by Gasteiger charge is -2.24. The van der Waals surface area contributed by atoms with E-state index in [9.17, 15) is 14.3 Å². The number of fused-ring (bicyclic) bond motifs is 6. The summed E-state index contributed by atoms with van der Waals surface area (Å²) >= 11 is 9.13. The quantitative estimate of drug-likeness (QED) is 0.169. The number of aromatic nitrogens is 8. The van der Waals surface area contributed by atoms with Gasteiger partial charge in [-0.05, 0) is 11.8 Å². The Balaban J connectivity index is 1.38. The summed E-state index contributed by atoms with van der Waals surface area (Å²) in [4.78, 5) is 45.7. The number of nitrogens with two attached hydrogens (primary N) is 1. The minimum atomic E-state index is -4.30. The molecule has 1 fully saturated rings. The Bertz CT molecular complexity index is 1750. The summed E-state index contributed by atoms with van der Waals surface area (Å²) in [5.41, 5.74) is 5.69. The number of imidazole rings is 2. The normalized spacial score (nSPS) is 32.1. The highest BCUT2D eigenvalue weighted by Gasteiger charge is 2.51. The number of halogens is 1. The van der Waals surface area contributed by atoms with Crippen LogP contribution in [0.15, 0.2) is 23.6 Å². The molecule has 2 unspecified atom stereocenters. The van der Waals surface area contributed by atoms with Gasteiger partial charge in [0.1, 0.15) is 36.5 Å². The molecule has 214 valence electrons. The van der Waals surface area contributed by atoms with Gasteiger partial charge >= 0.3 is 13.5 Å². The summed E-state index contributed by atoms with van der Waals surface area (Å²) in [6, 6.07) is 0. The van der Waals surface area contributed by atoms with Crippen molar-refractivity contribution in [3.05, 3.63) is 35.0 Å². The van der Waals surface area contributed by atoms with Crippen LogP contribution in [0.25, 0.3) is 22.3 Å². The molecule has 2 aliphatic rings. The van der Waals surface area contributed by atoms with Gasteiger partial charge in [0.2, 0.25) is 5.95 Å². The van der Waals surface area contributed by atoms with E-state index in [2.05, 4.69) is 42.2 Å². The monoisotopic (exact) mass is 635 g/mol. The fourth-order valence-electron chi connectivity index (χ4n) is 4.34. The van der Waals surface area contributed by atoms with Crippen molar-refractivity contribution < 1.29 is 36.7 Å². The van der Waals surface area contributed by atoms with E-state index in [0.29, 0.717) is 11.2 Å². The van der Waals surface area contributed by atoms with Crippen LogP contribution in [0.5, 0.6) is 0 Å². The average molecular weight is 635 g/mol. The highest BCUT2D eigenvalue weighted by Crippen LogP contribution is 2.57. The van der Waals surface area contributed by atoms with E-state index in [-0.39, 0.29) is 42.7 Å². The van der Waals surface area contributed by atoms with Gasteiger partial charge in [0.05, 0.1) is 25.7 Å². The molecule has 0 spiro atoms. The van der Waals surface area contributed by atoms with Crippen molar-refractivity contribution in [1.82, 2.24) is 39.0 Å². The molecule has 2 bridgehead atoms. The van der Waals surface area contributed by atoms with Gasteiger partial charge in [-0.3, -0.25) is 23.4 Å². The molecule has 6 atom stereocenters. The number of rotatable bonds is 1. The molecule has 4 aromatic heterocycles. The minimum Gasteiger partial charge on any atom is -0.369 e. The number of aromatic amines is 1. The molecule has 40 heavy (non-hydrogen) atoms. The van der Waals surface area contributed by atoms with E-state index in [4.69, 9.17) is 40.4 Å². The zero-order valence-corrected chi connectivity index (χ0v) is 23.5. The van der Waals surface area contributed by atoms with Crippen LogP contribution in [0.1, 0.15) is 12.1 Å². The maximum atomic E-state index is 15.8. The second-order valence-electron chi connectivity index (χ2n) is 8.61. The van der Waals surface area contributed by atoms with Gasteiger partial charge in [-0.2, -0.15) is 4.98 Å². The standard InChI is InChI=1S/C18H20FN9O8P2S2/c19-11-9-4-33-37(30,39)32-2-1-27-10(24-8-3-21-6-22-14(8)27)5-34-38(31,40)36-13(11)17(35-9)28-7-23-12-15(28)25-18(20)26-16(12)29/h3,6-7,9,11,13,17H,1-2,4-5H2,(H,30,39)(H,31,40)(H3,20,25,26,29)/t9-,11+,13-,17+,37?,38?/m1/s1. The second kappa shape index (κ2) is 10.5. The van der Waals surface area contributed by atoms with Crippen molar-refractivity contribution in [2.75, 3.05) is 18.9 Å². The van der Waals surface area contributed by atoms with Crippen LogP contribution in [0.4, 0.5) is 10.3 Å². The van der Waals surface area contributed by atoms with Gasteiger partial charge < -0.3 is 29.0 Å². The first kappa shape index (κ1) is 27.8. The number of thiol groups is 1. The van der Waals surface area contributed by atoms with Gasteiger partial charge in [-0.1, -0.05) is 12.2 Å². The molecular formula is C18H20FN9O8P2S2. The van der Waals surface area contributed by atoms with Gasteiger partial charge in [0.25, 0.3) is 5.56 Å². The first-order valence-corrected chi connectivity index (χ1v) is 16.7. The molecule has 0 aromatic carbocycles. The molecule has 0 radical (unpaired) electrons. The highest BCUT2D eigenvalue weighted by atomic mass is 32.7. The number of nitrogen functional groups attached to an aromatic ring is 1. The molecular weight excluding hydrogens is 615 g/mol. The third-order valence-corrected chi connectivity index (χ3v) is 9.27.